The van der Waals surface area contributed by atoms with Gasteiger partial charge in [-0.05, 0) is 57.5 Å². The van der Waals surface area contributed by atoms with Crippen LogP contribution < -0.4 is 0 Å². The van der Waals surface area contributed by atoms with E-state index in [0.717, 1.165) is 23.0 Å². The van der Waals surface area contributed by atoms with Crippen LogP contribution in [0.15, 0.2) is 92.1 Å². The Balaban J connectivity index is 1.78. The molecule has 0 amide bonds. The molecule has 160 valence electrons. The highest BCUT2D eigenvalue weighted by Crippen LogP contribution is 2.41. The van der Waals surface area contributed by atoms with Crippen LogP contribution >= 0.6 is 0 Å². The second-order valence-corrected chi connectivity index (χ2v) is 9.27. The number of para-hydroxylation sites is 1. The van der Waals surface area contributed by atoms with Gasteiger partial charge in [-0.1, -0.05) is 75.1 Å². The first kappa shape index (κ1) is 19.6. The van der Waals surface area contributed by atoms with E-state index < -0.39 is 0 Å². The minimum Gasteiger partial charge on any atom is -0.278 e. The molecule has 0 spiro atoms. The number of hydrogen-bond acceptors (Lipinski definition) is 3. The first-order valence-corrected chi connectivity index (χ1v) is 11.2. The molecular formula is C29H24N4. The maximum Gasteiger partial charge on any atom is 0.237 e. The fourth-order valence-electron chi connectivity index (χ4n) is 5.07. The summed E-state index contributed by atoms with van der Waals surface area (Å²) in [4.78, 5) is 13.0. The number of aromatic nitrogens is 4. The Labute approximate surface area is 192 Å². The van der Waals surface area contributed by atoms with E-state index in [1.54, 1.807) is 12.7 Å². The van der Waals surface area contributed by atoms with Gasteiger partial charge in [0.05, 0.1) is 11.0 Å². The zero-order valence-corrected chi connectivity index (χ0v) is 18.8. The van der Waals surface area contributed by atoms with Crippen molar-refractivity contribution in [3.05, 3.63) is 103 Å². The van der Waals surface area contributed by atoms with Crippen LogP contribution in [0.25, 0.3) is 44.1 Å². The Morgan fingerprint density at radius 3 is 2.55 bits per heavy atom. The highest BCUT2D eigenvalue weighted by Gasteiger charge is 2.25. The van der Waals surface area contributed by atoms with Gasteiger partial charge in [-0.2, -0.15) is 0 Å². The molecule has 4 heteroatoms. The molecule has 2 aromatic heterocycles. The Hall–Kier alpha value is -4.05. The monoisotopic (exact) mass is 428 g/mol. The van der Waals surface area contributed by atoms with Crippen LogP contribution in [0.1, 0.15) is 31.4 Å². The molecule has 4 nitrogen and oxygen atoms in total. The molecule has 3 aromatic carbocycles. The van der Waals surface area contributed by atoms with Gasteiger partial charge in [-0.25, -0.2) is 15.0 Å². The Morgan fingerprint density at radius 2 is 1.70 bits per heavy atom. The van der Waals surface area contributed by atoms with E-state index in [4.69, 9.17) is 0 Å². The van der Waals surface area contributed by atoms with Crippen molar-refractivity contribution in [2.75, 3.05) is 0 Å². The Kier molecular flexibility index (Phi) is 4.31. The van der Waals surface area contributed by atoms with Gasteiger partial charge >= 0.3 is 0 Å². The second-order valence-electron chi connectivity index (χ2n) is 9.27. The summed E-state index contributed by atoms with van der Waals surface area (Å²) in [5.74, 6) is 0.620. The van der Waals surface area contributed by atoms with E-state index in [1.807, 2.05) is 0 Å². The van der Waals surface area contributed by atoms with Crippen LogP contribution in [0.4, 0.5) is 0 Å². The lowest BCUT2D eigenvalue weighted by Crippen LogP contribution is -2.18. The Bertz CT molecular complexity index is 1620. The fourth-order valence-corrected chi connectivity index (χ4v) is 5.07. The summed E-state index contributed by atoms with van der Waals surface area (Å²) in [6, 6.07) is 17.5. The number of allylic oxidation sites excluding steroid dienone is 5. The van der Waals surface area contributed by atoms with Gasteiger partial charge in [0, 0.05) is 10.8 Å². The lowest BCUT2D eigenvalue weighted by Gasteiger charge is -2.28. The van der Waals surface area contributed by atoms with Gasteiger partial charge in [0.15, 0.2) is 0 Å². The van der Waals surface area contributed by atoms with Gasteiger partial charge < -0.3 is 0 Å². The molecule has 6 rings (SSSR count). The molecule has 0 atom stereocenters. The summed E-state index contributed by atoms with van der Waals surface area (Å²) in [5, 5.41) is 4.77. The highest BCUT2D eigenvalue weighted by atomic mass is 15.2. The molecule has 0 N–H and O–H groups in total. The number of benzene rings is 3. The third-order valence-corrected chi connectivity index (χ3v) is 6.71. The van der Waals surface area contributed by atoms with Crippen molar-refractivity contribution in [1.82, 2.24) is 19.5 Å². The maximum absolute atomic E-state index is 4.47. The molecule has 2 heterocycles. The molecule has 0 saturated heterocycles. The standard InChI is InChI=1S/C29H24N4/c1-19-9-5-4-8-14-29(2,3)24-13-12-20-15-23-21-10-6-7-11-25(21)33(28-31-17-30-18-32-28)26(23)16-22(20)27(19)24/h4-13,15-18H,1,14H2,2-3H3/b8-4-,9-5-. The predicted octanol–water partition coefficient (Wildman–Crippen LogP) is 6.93. The smallest absolute Gasteiger partial charge is 0.237 e. The minimum absolute atomic E-state index is 0.00907. The van der Waals surface area contributed by atoms with Crippen molar-refractivity contribution in [3.63, 3.8) is 0 Å². The van der Waals surface area contributed by atoms with Crippen molar-refractivity contribution in [2.45, 2.75) is 25.7 Å². The van der Waals surface area contributed by atoms with Gasteiger partial charge in [0.1, 0.15) is 12.7 Å². The van der Waals surface area contributed by atoms with Crippen molar-refractivity contribution < 1.29 is 0 Å². The van der Waals surface area contributed by atoms with Crippen molar-refractivity contribution in [1.29, 1.82) is 0 Å². The molecular weight excluding hydrogens is 404 g/mol. The van der Waals surface area contributed by atoms with Crippen LogP contribution in [0.2, 0.25) is 0 Å². The largest absolute Gasteiger partial charge is 0.278 e. The second kappa shape index (κ2) is 7.24. The molecule has 0 bridgehead atoms. The van der Waals surface area contributed by atoms with Gasteiger partial charge in [-0.15, -0.1) is 0 Å². The summed E-state index contributed by atoms with van der Waals surface area (Å²) in [7, 11) is 0. The molecule has 0 radical (unpaired) electrons. The maximum atomic E-state index is 4.47. The van der Waals surface area contributed by atoms with Gasteiger partial charge in [0.2, 0.25) is 5.95 Å². The minimum atomic E-state index is -0.00907. The third kappa shape index (κ3) is 3.02. The van der Waals surface area contributed by atoms with Gasteiger partial charge in [0.25, 0.3) is 0 Å². The molecule has 33 heavy (non-hydrogen) atoms. The van der Waals surface area contributed by atoms with E-state index in [0.29, 0.717) is 5.95 Å². The summed E-state index contributed by atoms with van der Waals surface area (Å²) in [6.45, 7) is 9.07. The average molecular weight is 429 g/mol. The molecule has 1 aliphatic carbocycles. The molecule has 0 saturated carbocycles. The van der Waals surface area contributed by atoms with Crippen LogP contribution in [0.3, 0.4) is 0 Å². The van der Waals surface area contributed by atoms with E-state index >= 15 is 0 Å². The number of hydrogen-bond donors (Lipinski definition) is 0. The first-order chi connectivity index (χ1) is 16.0. The summed E-state index contributed by atoms with van der Waals surface area (Å²) < 4.78 is 2.13. The van der Waals surface area contributed by atoms with Gasteiger partial charge in [-0.3, -0.25) is 4.57 Å². The summed E-state index contributed by atoms with van der Waals surface area (Å²) in [6.07, 6.45) is 12.6. The summed E-state index contributed by atoms with van der Waals surface area (Å²) >= 11 is 0. The zero-order chi connectivity index (χ0) is 22.6. The highest BCUT2D eigenvalue weighted by molar-refractivity contribution is 6.15. The lowest BCUT2D eigenvalue weighted by atomic mass is 9.76. The molecule has 5 aromatic rings. The molecule has 0 unspecified atom stereocenters. The quantitative estimate of drug-likeness (QED) is 0.291. The van der Waals surface area contributed by atoms with E-state index in [1.165, 1.54) is 32.7 Å². The topological polar surface area (TPSA) is 43.6 Å². The van der Waals surface area contributed by atoms with Crippen LogP contribution in [0.5, 0.6) is 0 Å². The average Bonchev–Trinajstić information content (AvgIpc) is 3.17. The van der Waals surface area contributed by atoms with E-state index in [-0.39, 0.29) is 5.41 Å². The van der Waals surface area contributed by atoms with E-state index in [9.17, 15) is 0 Å². The predicted molar refractivity (Wildman–Crippen MR) is 137 cm³/mol. The van der Waals surface area contributed by atoms with Crippen LogP contribution in [-0.4, -0.2) is 19.5 Å². The third-order valence-electron chi connectivity index (χ3n) is 6.71. The molecule has 0 aliphatic heterocycles. The summed E-state index contributed by atoms with van der Waals surface area (Å²) in [5.41, 5.74) is 5.71. The fraction of sp³-hybridized carbons (Fsp3) is 0.138. The number of nitrogens with zero attached hydrogens (tertiary/aromatic N) is 4. The Morgan fingerprint density at radius 1 is 0.879 bits per heavy atom. The van der Waals surface area contributed by atoms with Crippen LogP contribution in [-0.2, 0) is 5.41 Å². The number of rotatable bonds is 1. The van der Waals surface area contributed by atoms with Crippen molar-refractivity contribution in [2.24, 2.45) is 0 Å². The van der Waals surface area contributed by atoms with E-state index in [2.05, 4.69) is 113 Å². The number of fused-ring (bicyclic) bond motifs is 6. The van der Waals surface area contributed by atoms with Crippen molar-refractivity contribution in [3.8, 4) is 5.95 Å². The van der Waals surface area contributed by atoms with Crippen molar-refractivity contribution >= 4 is 38.2 Å². The normalized spacial score (nSPS) is 17.5. The van der Waals surface area contributed by atoms with Crippen LogP contribution in [0, 0.1) is 0 Å². The molecule has 0 fully saturated rings. The first-order valence-electron chi connectivity index (χ1n) is 11.2. The zero-order valence-electron chi connectivity index (χ0n) is 18.8. The molecule has 1 aliphatic rings. The SMILES string of the molecule is C=C1/C=C\C=C/CC(C)(C)c2ccc3cc4c5ccccc5n(-c5ncncn5)c4cc3c21. The lowest BCUT2D eigenvalue weighted by molar-refractivity contribution is 0.534.